The maximum absolute atomic E-state index is 13.5. The number of Topliss-reactive ketones (excluding diaryl/α,β-unsaturated/α-hetero) is 1. The number of hydrogen-bond acceptors (Lipinski definition) is 8. The molecule has 0 amide bonds. The second-order valence-corrected chi connectivity index (χ2v) is 10.5. The summed E-state index contributed by atoms with van der Waals surface area (Å²) in [6, 6.07) is 0. The van der Waals surface area contributed by atoms with Gasteiger partial charge in [-0.2, -0.15) is 0 Å². The molecule has 2 aliphatic carbocycles. The molecule has 8 atom stereocenters. The summed E-state index contributed by atoms with van der Waals surface area (Å²) in [4.78, 5) is 50.2. The van der Waals surface area contributed by atoms with E-state index in [4.69, 9.17) is 9.84 Å². The molecule has 0 aliphatic heterocycles. The van der Waals surface area contributed by atoms with E-state index in [-0.39, 0.29) is 25.4 Å². The van der Waals surface area contributed by atoms with Gasteiger partial charge in [0, 0.05) is 29.4 Å². The fourth-order valence-corrected chi connectivity index (χ4v) is 6.81. The molecule has 0 saturated heterocycles. The highest BCUT2D eigenvalue weighted by Gasteiger charge is 2.67. The van der Waals surface area contributed by atoms with Crippen LogP contribution in [0.25, 0.3) is 0 Å². The molecule has 196 valence electrons. The average Bonchev–Trinajstić information content (AvgIpc) is 2.73. The minimum Gasteiger partial charge on any atom is -0.515 e. The van der Waals surface area contributed by atoms with Crippen molar-refractivity contribution in [3.8, 4) is 0 Å². The minimum atomic E-state index is -1.95. The van der Waals surface area contributed by atoms with Crippen LogP contribution in [-0.2, 0) is 23.9 Å². The van der Waals surface area contributed by atoms with Crippen LogP contribution in [0.1, 0.15) is 60.3 Å². The summed E-state index contributed by atoms with van der Waals surface area (Å²) in [5, 5.41) is 40.2. The molecule has 9 heteroatoms. The number of carboxylic acid groups (broad SMARTS) is 1. The first-order valence-corrected chi connectivity index (χ1v) is 12.1. The smallest absolute Gasteiger partial charge is 0.328 e. The average molecular weight is 495 g/mol. The molecule has 0 radical (unpaired) electrons. The second-order valence-electron chi connectivity index (χ2n) is 10.5. The lowest BCUT2D eigenvalue weighted by Gasteiger charge is -2.60. The van der Waals surface area contributed by atoms with Gasteiger partial charge in [-0.15, -0.1) is 0 Å². The number of carbonyl (C=O) groups is 4. The van der Waals surface area contributed by atoms with Crippen LogP contribution < -0.4 is 0 Å². The Morgan fingerprint density at radius 2 is 1.86 bits per heavy atom. The van der Waals surface area contributed by atoms with E-state index >= 15 is 0 Å². The molecule has 0 spiro atoms. The Labute approximate surface area is 205 Å². The predicted molar refractivity (Wildman–Crippen MR) is 126 cm³/mol. The third-order valence-corrected chi connectivity index (χ3v) is 8.00. The zero-order chi connectivity index (χ0) is 26.7. The Balaban J connectivity index is 2.48. The van der Waals surface area contributed by atoms with Crippen molar-refractivity contribution < 1.29 is 44.3 Å². The molecule has 2 saturated carbocycles. The van der Waals surface area contributed by atoms with E-state index in [0.717, 1.165) is 12.2 Å². The zero-order valence-corrected chi connectivity index (χ0v) is 21.1. The van der Waals surface area contributed by atoms with E-state index in [9.17, 15) is 34.5 Å². The van der Waals surface area contributed by atoms with Gasteiger partial charge in [0.15, 0.2) is 11.6 Å². The number of aliphatic hydroxyl groups excluding tert-OH is 2. The van der Waals surface area contributed by atoms with Gasteiger partial charge in [0.2, 0.25) is 0 Å². The Morgan fingerprint density at radius 1 is 1.23 bits per heavy atom. The molecule has 0 heterocycles. The molecule has 0 aromatic heterocycles. The second kappa shape index (κ2) is 11.0. The number of rotatable bonds is 9. The lowest BCUT2D eigenvalue weighted by atomic mass is 9.43. The molecule has 1 unspecified atom stereocenters. The lowest BCUT2D eigenvalue weighted by Crippen LogP contribution is -2.68. The quantitative estimate of drug-likeness (QED) is 0.215. The van der Waals surface area contributed by atoms with Gasteiger partial charge in [-0.1, -0.05) is 26.3 Å². The molecule has 0 aromatic carbocycles. The van der Waals surface area contributed by atoms with Crippen LogP contribution in [0.4, 0.5) is 0 Å². The molecule has 0 aromatic rings. The number of hydrogen-bond donors (Lipinski definition) is 4. The van der Waals surface area contributed by atoms with Gasteiger partial charge in [0.05, 0.1) is 25.4 Å². The fraction of sp³-hybridized carbons (Fsp3) is 0.692. The summed E-state index contributed by atoms with van der Waals surface area (Å²) < 4.78 is 5.43. The normalized spacial score (nSPS) is 36.5. The molecule has 35 heavy (non-hydrogen) atoms. The van der Waals surface area contributed by atoms with Crippen molar-refractivity contribution in [1.82, 2.24) is 0 Å². The van der Waals surface area contributed by atoms with Gasteiger partial charge in [-0.3, -0.25) is 14.4 Å². The number of ketones is 2. The molecular formula is C26H38O9. The van der Waals surface area contributed by atoms with Gasteiger partial charge >= 0.3 is 11.9 Å². The van der Waals surface area contributed by atoms with Crippen LogP contribution in [0, 0.1) is 35.0 Å². The summed E-state index contributed by atoms with van der Waals surface area (Å²) in [6.45, 7) is 8.06. The maximum atomic E-state index is 13.5. The summed E-state index contributed by atoms with van der Waals surface area (Å²) in [6.07, 6.45) is 2.56. The van der Waals surface area contributed by atoms with Crippen LogP contribution in [0.15, 0.2) is 24.0 Å². The van der Waals surface area contributed by atoms with E-state index in [0.29, 0.717) is 24.7 Å². The van der Waals surface area contributed by atoms with Crippen LogP contribution in [0.2, 0.25) is 0 Å². The number of fused-ring (bicyclic) bond motifs is 1. The van der Waals surface area contributed by atoms with E-state index in [2.05, 4.69) is 0 Å². The molecular weight excluding hydrogens is 456 g/mol. The number of carboxylic acids is 1. The van der Waals surface area contributed by atoms with Crippen molar-refractivity contribution in [2.75, 3.05) is 6.61 Å². The molecule has 2 fully saturated rings. The number of ether oxygens (including phenoxy) is 1. The van der Waals surface area contributed by atoms with Crippen molar-refractivity contribution >= 4 is 23.5 Å². The molecule has 2 rings (SSSR count). The van der Waals surface area contributed by atoms with Gasteiger partial charge in [0.25, 0.3) is 0 Å². The van der Waals surface area contributed by atoms with E-state index < -0.39 is 64.3 Å². The first-order valence-electron chi connectivity index (χ1n) is 12.1. The number of aliphatic hydroxyl groups is 3. The standard InChI is InChI=1S/C26H38O9/c1-6-16(13-35-21(32)10-14(2)9-20(30)31)23-25(4,19(29)7-8-27)22-15(3)11-17(28)12-18(22)24(33)26(23,5)34/h7-9,15-18,22-23,27-28,34H,6,10-13H2,1-5H3,(H,30,31)/b8-7-,14-9+/t15-,16+,17?,18+,22+,23-,25-,26+/m1/s1. The maximum Gasteiger partial charge on any atom is 0.328 e. The van der Waals surface area contributed by atoms with E-state index in [1.807, 2.05) is 13.8 Å². The number of esters is 1. The Morgan fingerprint density at radius 3 is 2.40 bits per heavy atom. The minimum absolute atomic E-state index is 0.142. The van der Waals surface area contributed by atoms with Gasteiger partial charge in [-0.25, -0.2) is 4.79 Å². The highest BCUT2D eigenvalue weighted by atomic mass is 16.5. The zero-order valence-electron chi connectivity index (χ0n) is 21.1. The van der Waals surface area contributed by atoms with E-state index in [1.54, 1.807) is 6.92 Å². The third kappa shape index (κ3) is 5.67. The third-order valence-electron chi connectivity index (χ3n) is 8.00. The number of carbonyl (C=O) groups excluding carboxylic acids is 3. The Hall–Kier alpha value is -2.52. The van der Waals surface area contributed by atoms with Crippen LogP contribution in [0.3, 0.4) is 0 Å². The largest absolute Gasteiger partial charge is 0.515 e. The summed E-state index contributed by atoms with van der Waals surface area (Å²) in [5.41, 5.74) is -2.92. The van der Waals surface area contributed by atoms with E-state index in [1.165, 1.54) is 13.8 Å². The van der Waals surface area contributed by atoms with Crippen LogP contribution in [0.5, 0.6) is 0 Å². The molecule has 2 aliphatic rings. The van der Waals surface area contributed by atoms with Crippen molar-refractivity contribution in [3.63, 3.8) is 0 Å². The SMILES string of the molecule is CC[C@@H](COC(=O)C/C(C)=C/C(=O)O)[C@@H]1[C@](C)(C(=O)/C=C\O)[C@H]2[C@H](C)CC(O)C[C@@H]2C(=O)[C@@]1(C)O. The first-order chi connectivity index (χ1) is 16.2. The fourth-order valence-electron chi connectivity index (χ4n) is 6.81. The number of aliphatic carboxylic acids is 1. The summed E-state index contributed by atoms with van der Waals surface area (Å²) >= 11 is 0. The topological polar surface area (TPSA) is 158 Å². The van der Waals surface area contributed by atoms with Gasteiger partial charge < -0.3 is 25.2 Å². The number of allylic oxidation sites excluding steroid dienone is 1. The van der Waals surface area contributed by atoms with Crippen molar-refractivity contribution in [3.05, 3.63) is 24.0 Å². The monoisotopic (exact) mass is 494 g/mol. The molecule has 9 nitrogen and oxygen atoms in total. The van der Waals surface area contributed by atoms with Crippen molar-refractivity contribution in [2.24, 2.45) is 35.0 Å². The van der Waals surface area contributed by atoms with Crippen LogP contribution in [-0.4, -0.2) is 62.2 Å². The predicted octanol–water partition coefficient (Wildman–Crippen LogP) is 2.60. The van der Waals surface area contributed by atoms with Crippen molar-refractivity contribution in [2.45, 2.75) is 72.0 Å². The highest BCUT2D eigenvalue weighted by Crippen LogP contribution is 2.60. The summed E-state index contributed by atoms with van der Waals surface area (Å²) in [5.74, 6) is -5.66. The summed E-state index contributed by atoms with van der Waals surface area (Å²) in [7, 11) is 0. The van der Waals surface area contributed by atoms with Gasteiger partial charge in [-0.05, 0) is 50.9 Å². The Kier molecular flexibility index (Phi) is 9.05. The molecule has 0 bridgehead atoms. The highest BCUT2D eigenvalue weighted by molar-refractivity contribution is 6.00. The lowest BCUT2D eigenvalue weighted by molar-refractivity contribution is -0.201. The van der Waals surface area contributed by atoms with Crippen molar-refractivity contribution in [1.29, 1.82) is 0 Å². The first kappa shape index (κ1) is 28.7. The van der Waals surface area contributed by atoms with Crippen LogP contribution >= 0.6 is 0 Å². The molecule has 4 N–H and O–H groups in total. The Bertz CT molecular complexity index is 902. The van der Waals surface area contributed by atoms with Gasteiger partial charge in [0.1, 0.15) is 5.60 Å².